The minimum atomic E-state index is -0.377. The molecule has 4 rings (SSSR count). The number of carbonyl (C=O) groups is 1. The third kappa shape index (κ3) is 5.67. The fraction of sp³-hybridized carbons (Fsp3) is 0.320. The summed E-state index contributed by atoms with van der Waals surface area (Å²) in [6.07, 6.45) is 4.49. The van der Waals surface area contributed by atoms with Crippen molar-refractivity contribution < 1.29 is 13.9 Å². The number of hydrazone groups is 1. The van der Waals surface area contributed by atoms with Crippen LogP contribution in [0.2, 0.25) is 0 Å². The summed E-state index contributed by atoms with van der Waals surface area (Å²) in [5.74, 6) is -0.554. The molecule has 1 fully saturated rings. The number of aromatic nitrogens is 1. The van der Waals surface area contributed by atoms with Crippen LogP contribution in [-0.2, 0) is 4.74 Å². The zero-order valence-corrected chi connectivity index (χ0v) is 19.9. The van der Waals surface area contributed by atoms with E-state index >= 15 is 0 Å². The quantitative estimate of drug-likeness (QED) is 0.169. The predicted molar refractivity (Wildman–Crippen MR) is 135 cm³/mol. The van der Waals surface area contributed by atoms with Crippen LogP contribution in [0.5, 0.6) is 0 Å². The van der Waals surface area contributed by atoms with E-state index in [1.54, 1.807) is 6.21 Å². The van der Waals surface area contributed by atoms with Crippen LogP contribution >= 0.6 is 12.2 Å². The second-order valence-corrected chi connectivity index (χ2v) is 8.52. The second kappa shape index (κ2) is 11.3. The van der Waals surface area contributed by atoms with Crippen LogP contribution in [0, 0.1) is 12.7 Å². The number of hydrogen-bond donors (Lipinski definition) is 2. The molecule has 34 heavy (non-hydrogen) atoms. The number of hydrogen-bond acceptors (Lipinski definition) is 5. The summed E-state index contributed by atoms with van der Waals surface area (Å²) < 4.78 is 20.5. The number of thiocarbonyl (C=S) groups is 1. The summed E-state index contributed by atoms with van der Waals surface area (Å²) in [5, 5.41) is 7.91. The molecule has 0 aliphatic carbocycles. The normalized spacial score (nSPS) is 14.5. The summed E-state index contributed by atoms with van der Waals surface area (Å²) in [4.78, 5) is 15.6. The van der Waals surface area contributed by atoms with Gasteiger partial charge >= 0.3 is 0 Å². The first-order valence-electron chi connectivity index (χ1n) is 11.3. The maximum Gasteiger partial charge on any atom is 0.210 e. The molecule has 0 saturated carbocycles. The van der Waals surface area contributed by atoms with Crippen molar-refractivity contribution in [1.82, 2.24) is 20.0 Å². The fourth-order valence-corrected chi connectivity index (χ4v) is 4.22. The molecule has 178 valence electrons. The lowest BCUT2D eigenvalue weighted by molar-refractivity contribution is 0.0376. The van der Waals surface area contributed by atoms with E-state index in [1.165, 1.54) is 24.3 Å². The smallest absolute Gasteiger partial charge is 0.210 e. The number of morpholine rings is 1. The fourth-order valence-electron chi connectivity index (χ4n) is 4.06. The Balaban J connectivity index is 1.40. The van der Waals surface area contributed by atoms with Crippen molar-refractivity contribution in [3.05, 3.63) is 76.9 Å². The van der Waals surface area contributed by atoms with Crippen LogP contribution in [0.4, 0.5) is 4.39 Å². The average Bonchev–Trinajstić information content (AvgIpc) is 3.14. The average molecular weight is 482 g/mol. The zero-order valence-electron chi connectivity index (χ0n) is 19.1. The molecular weight excluding hydrogens is 453 g/mol. The molecule has 2 aromatic heterocycles. The van der Waals surface area contributed by atoms with E-state index in [2.05, 4.69) is 20.7 Å². The second-order valence-electron chi connectivity index (χ2n) is 8.11. The Morgan fingerprint density at radius 3 is 2.74 bits per heavy atom. The number of fused-ring (bicyclic) bond motifs is 1. The van der Waals surface area contributed by atoms with E-state index in [9.17, 15) is 9.18 Å². The number of ether oxygens (including phenoxy) is 1. The van der Waals surface area contributed by atoms with Crippen molar-refractivity contribution in [2.75, 3.05) is 39.4 Å². The molecule has 7 nitrogen and oxygen atoms in total. The zero-order chi connectivity index (χ0) is 23.9. The van der Waals surface area contributed by atoms with Crippen molar-refractivity contribution in [3.8, 4) is 0 Å². The van der Waals surface area contributed by atoms with Crippen LogP contribution in [0.1, 0.15) is 33.6 Å². The third-order valence-corrected chi connectivity index (χ3v) is 6.09. The van der Waals surface area contributed by atoms with Gasteiger partial charge < -0.3 is 14.5 Å². The van der Waals surface area contributed by atoms with Gasteiger partial charge in [-0.05, 0) is 74.1 Å². The van der Waals surface area contributed by atoms with Gasteiger partial charge in [0, 0.05) is 37.0 Å². The lowest BCUT2D eigenvalue weighted by atomic mass is 10.0. The Labute approximate surface area is 203 Å². The number of ketones is 1. The SMILES string of the molecule is Cc1c(/C=N/NC(=S)NCCCN2CCOCC2)c2ccccn2c1C(=O)c1ccc(F)cc1. The van der Waals surface area contributed by atoms with Crippen molar-refractivity contribution in [2.45, 2.75) is 13.3 Å². The number of pyridine rings is 1. The molecule has 2 N–H and O–H groups in total. The standard InChI is InChI=1S/C25H28FN5O2S/c1-18-21(17-28-29-25(34)27-10-4-11-30-13-15-33-16-14-30)22-5-2-3-12-31(22)23(18)24(32)19-6-8-20(26)9-7-19/h2-3,5-9,12,17H,4,10-11,13-16H2,1H3,(H2,27,29,34)/b28-17+. The minimum Gasteiger partial charge on any atom is -0.379 e. The summed E-state index contributed by atoms with van der Waals surface area (Å²) >= 11 is 5.33. The van der Waals surface area contributed by atoms with Crippen LogP contribution in [0.25, 0.3) is 5.52 Å². The molecular formula is C25H28FN5O2S. The number of nitrogens with one attached hydrogen (secondary N) is 2. The Hall–Kier alpha value is -3.14. The van der Waals surface area contributed by atoms with E-state index in [1.807, 2.05) is 35.7 Å². The third-order valence-electron chi connectivity index (χ3n) is 5.86. The molecule has 0 amide bonds. The van der Waals surface area contributed by atoms with Gasteiger partial charge in [-0.25, -0.2) is 4.39 Å². The van der Waals surface area contributed by atoms with Gasteiger partial charge in [-0.15, -0.1) is 0 Å². The molecule has 0 spiro atoms. The van der Waals surface area contributed by atoms with Crippen LogP contribution in [0.15, 0.2) is 53.8 Å². The highest BCUT2D eigenvalue weighted by Crippen LogP contribution is 2.24. The lowest BCUT2D eigenvalue weighted by Gasteiger charge is -2.26. The van der Waals surface area contributed by atoms with E-state index in [0.29, 0.717) is 16.4 Å². The van der Waals surface area contributed by atoms with Crippen molar-refractivity contribution in [2.24, 2.45) is 5.10 Å². The Morgan fingerprint density at radius 2 is 1.97 bits per heavy atom. The molecule has 0 atom stereocenters. The lowest BCUT2D eigenvalue weighted by Crippen LogP contribution is -2.39. The Bertz CT molecular complexity index is 1190. The molecule has 3 aromatic rings. The summed E-state index contributed by atoms with van der Waals surface area (Å²) in [6.45, 7) is 7.19. The Kier molecular flexibility index (Phi) is 7.99. The highest BCUT2D eigenvalue weighted by Gasteiger charge is 2.21. The summed E-state index contributed by atoms with van der Waals surface area (Å²) in [6, 6.07) is 11.3. The topological polar surface area (TPSA) is 70.4 Å². The molecule has 0 unspecified atom stereocenters. The van der Waals surface area contributed by atoms with E-state index < -0.39 is 0 Å². The first-order chi connectivity index (χ1) is 16.5. The molecule has 1 aliphatic rings. The number of halogens is 1. The molecule has 0 bridgehead atoms. The molecule has 1 saturated heterocycles. The highest BCUT2D eigenvalue weighted by atomic mass is 32.1. The van der Waals surface area contributed by atoms with Gasteiger partial charge in [0.15, 0.2) is 5.11 Å². The van der Waals surface area contributed by atoms with Gasteiger partial charge in [0.25, 0.3) is 0 Å². The van der Waals surface area contributed by atoms with Gasteiger partial charge in [0.05, 0.1) is 30.6 Å². The first kappa shape index (κ1) is 24.0. The van der Waals surface area contributed by atoms with Gasteiger partial charge in [-0.2, -0.15) is 5.10 Å². The van der Waals surface area contributed by atoms with Crippen LogP contribution < -0.4 is 10.7 Å². The predicted octanol–water partition coefficient (Wildman–Crippen LogP) is 3.14. The molecule has 1 aliphatic heterocycles. The van der Waals surface area contributed by atoms with E-state index in [4.69, 9.17) is 17.0 Å². The minimum absolute atomic E-state index is 0.177. The van der Waals surface area contributed by atoms with E-state index in [-0.39, 0.29) is 11.6 Å². The van der Waals surface area contributed by atoms with Crippen LogP contribution in [-0.4, -0.2) is 65.8 Å². The van der Waals surface area contributed by atoms with Crippen LogP contribution in [0.3, 0.4) is 0 Å². The van der Waals surface area contributed by atoms with Gasteiger partial charge in [0.1, 0.15) is 5.82 Å². The number of nitrogens with zero attached hydrogens (tertiary/aromatic N) is 3. The van der Waals surface area contributed by atoms with Gasteiger partial charge in [-0.3, -0.25) is 15.1 Å². The monoisotopic (exact) mass is 481 g/mol. The van der Waals surface area contributed by atoms with Crippen molar-refractivity contribution >= 4 is 34.8 Å². The largest absolute Gasteiger partial charge is 0.379 e. The van der Waals surface area contributed by atoms with Crippen molar-refractivity contribution in [1.29, 1.82) is 0 Å². The van der Waals surface area contributed by atoms with Gasteiger partial charge in [-0.1, -0.05) is 6.07 Å². The maximum atomic E-state index is 13.3. The molecule has 1 aromatic carbocycles. The first-order valence-corrected chi connectivity index (χ1v) is 11.7. The summed E-state index contributed by atoms with van der Waals surface area (Å²) in [7, 11) is 0. The number of benzene rings is 1. The highest BCUT2D eigenvalue weighted by molar-refractivity contribution is 7.80. The summed E-state index contributed by atoms with van der Waals surface area (Å²) in [5.41, 5.74) is 6.26. The van der Waals surface area contributed by atoms with Crippen molar-refractivity contribution in [3.63, 3.8) is 0 Å². The van der Waals surface area contributed by atoms with E-state index in [0.717, 1.165) is 62.5 Å². The molecule has 0 radical (unpaired) electrons. The maximum absolute atomic E-state index is 13.3. The number of carbonyl (C=O) groups excluding carboxylic acids is 1. The molecule has 9 heteroatoms. The molecule has 3 heterocycles. The Morgan fingerprint density at radius 1 is 1.21 bits per heavy atom. The van der Waals surface area contributed by atoms with Gasteiger partial charge in [0.2, 0.25) is 5.78 Å². The number of rotatable bonds is 8.